The van der Waals surface area contributed by atoms with Crippen molar-refractivity contribution in [2.75, 3.05) is 24.6 Å². The van der Waals surface area contributed by atoms with E-state index in [9.17, 15) is 0 Å². The number of hydrogen-bond acceptors (Lipinski definition) is 4. The second kappa shape index (κ2) is 6.96. The van der Waals surface area contributed by atoms with E-state index >= 15 is 0 Å². The third kappa shape index (κ3) is 4.22. The minimum Gasteiger partial charge on any atom is -0.384 e. The molecule has 0 bridgehead atoms. The quantitative estimate of drug-likeness (QED) is 0.860. The van der Waals surface area contributed by atoms with Crippen LogP contribution < -0.4 is 5.73 Å². The molecule has 0 spiro atoms. The average Bonchev–Trinajstić information content (AvgIpc) is 2.94. The topological polar surface area (TPSA) is 42.1 Å². The summed E-state index contributed by atoms with van der Waals surface area (Å²) in [5.41, 5.74) is 7.00. The summed E-state index contributed by atoms with van der Waals surface area (Å²) in [5, 5.41) is 0. The molecule has 2 N–H and O–H groups in total. The van der Waals surface area contributed by atoms with Crippen molar-refractivity contribution in [1.29, 1.82) is 0 Å². The molecular weight excluding hydrogens is 278 g/mol. The number of aromatic nitrogens is 1. The van der Waals surface area contributed by atoms with Crippen molar-refractivity contribution < 1.29 is 0 Å². The van der Waals surface area contributed by atoms with Crippen LogP contribution in [0.1, 0.15) is 12.0 Å². The Morgan fingerprint density at radius 3 is 2.90 bits per heavy atom. The highest BCUT2D eigenvalue weighted by molar-refractivity contribution is 7.99. The van der Waals surface area contributed by atoms with Gasteiger partial charge < -0.3 is 5.73 Å². The SMILES string of the molecule is Nc1cc(CN2CC[C@@H](CSc3ccccc3)C2)ccn1. The van der Waals surface area contributed by atoms with E-state index in [1.807, 2.05) is 17.8 Å². The number of nitrogen functional groups attached to an aromatic ring is 1. The summed E-state index contributed by atoms with van der Waals surface area (Å²) >= 11 is 1.97. The molecule has 1 saturated heterocycles. The summed E-state index contributed by atoms with van der Waals surface area (Å²) in [4.78, 5) is 7.94. The van der Waals surface area contributed by atoms with E-state index in [1.54, 1.807) is 6.20 Å². The maximum absolute atomic E-state index is 5.74. The molecule has 0 radical (unpaired) electrons. The number of pyridine rings is 1. The van der Waals surface area contributed by atoms with Crippen molar-refractivity contribution in [3.63, 3.8) is 0 Å². The highest BCUT2D eigenvalue weighted by atomic mass is 32.2. The number of rotatable bonds is 5. The predicted molar refractivity (Wildman–Crippen MR) is 89.2 cm³/mol. The first-order chi connectivity index (χ1) is 10.3. The van der Waals surface area contributed by atoms with Crippen LogP contribution >= 0.6 is 11.8 Å². The lowest BCUT2D eigenvalue weighted by Gasteiger charge is -2.16. The second-order valence-electron chi connectivity index (χ2n) is 5.60. The molecule has 1 aliphatic heterocycles. The Morgan fingerprint density at radius 2 is 2.10 bits per heavy atom. The zero-order chi connectivity index (χ0) is 14.5. The van der Waals surface area contributed by atoms with Crippen LogP contribution in [0, 0.1) is 5.92 Å². The van der Waals surface area contributed by atoms with E-state index < -0.39 is 0 Å². The van der Waals surface area contributed by atoms with Gasteiger partial charge in [0.05, 0.1) is 0 Å². The van der Waals surface area contributed by atoms with Gasteiger partial charge in [-0.2, -0.15) is 0 Å². The smallest absolute Gasteiger partial charge is 0.123 e. The van der Waals surface area contributed by atoms with Gasteiger partial charge in [-0.15, -0.1) is 11.8 Å². The van der Waals surface area contributed by atoms with Gasteiger partial charge in [0, 0.05) is 29.9 Å². The highest BCUT2D eigenvalue weighted by Gasteiger charge is 2.22. The van der Waals surface area contributed by atoms with Gasteiger partial charge in [0.1, 0.15) is 5.82 Å². The van der Waals surface area contributed by atoms with Crippen molar-refractivity contribution in [2.45, 2.75) is 17.9 Å². The van der Waals surface area contributed by atoms with Gasteiger partial charge in [0.25, 0.3) is 0 Å². The first-order valence-corrected chi connectivity index (χ1v) is 8.39. The predicted octanol–water partition coefficient (Wildman–Crippen LogP) is 3.28. The normalized spacial score (nSPS) is 19.0. The second-order valence-corrected chi connectivity index (χ2v) is 6.70. The van der Waals surface area contributed by atoms with Crippen molar-refractivity contribution in [2.24, 2.45) is 5.92 Å². The van der Waals surface area contributed by atoms with Crippen LogP contribution in [0.25, 0.3) is 0 Å². The van der Waals surface area contributed by atoms with Crippen molar-refractivity contribution in [3.05, 3.63) is 54.2 Å². The van der Waals surface area contributed by atoms with Gasteiger partial charge in [0.15, 0.2) is 0 Å². The number of benzene rings is 1. The molecule has 1 aromatic carbocycles. The third-order valence-electron chi connectivity index (χ3n) is 3.85. The molecule has 3 rings (SSSR count). The fourth-order valence-corrected chi connectivity index (χ4v) is 3.82. The first kappa shape index (κ1) is 14.4. The zero-order valence-corrected chi connectivity index (χ0v) is 12.9. The summed E-state index contributed by atoms with van der Waals surface area (Å²) < 4.78 is 0. The number of thioether (sulfide) groups is 1. The summed E-state index contributed by atoms with van der Waals surface area (Å²) in [6.45, 7) is 3.35. The van der Waals surface area contributed by atoms with E-state index in [4.69, 9.17) is 5.73 Å². The Balaban J connectivity index is 1.47. The lowest BCUT2D eigenvalue weighted by Crippen LogP contribution is -2.20. The summed E-state index contributed by atoms with van der Waals surface area (Å²) in [5.74, 6) is 2.61. The van der Waals surface area contributed by atoms with Gasteiger partial charge >= 0.3 is 0 Å². The molecule has 1 atom stereocenters. The Morgan fingerprint density at radius 1 is 1.24 bits per heavy atom. The highest BCUT2D eigenvalue weighted by Crippen LogP contribution is 2.26. The number of nitrogens with two attached hydrogens (primary N) is 1. The van der Waals surface area contributed by atoms with Crippen LogP contribution in [0.4, 0.5) is 5.82 Å². The lowest BCUT2D eigenvalue weighted by molar-refractivity contribution is 0.321. The fraction of sp³-hybridized carbons (Fsp3) is 0.353. The summed E-state index contributed by atoms with van der Waals surface area (Å²) in [6, 6.07) is 14.7. The van der Waals surface area contributed by atoms with Crippen LogP contribution in [0.15, 0.2) is 53.6 Å². The molecule has 1 fully saturated rings. The molecule has 1 aromatic heterocycles. The Kier molecular flexibility index (Phi) is 4.78. The molecule has 0 amide bonds. The van der Waals surface area contributed by atoms with Crippen molar-refractivity contribution in [3.8, 4) is 0 Å². The monoisotopic (exact) mass is 299 g/mol. The van der Waals surface area contributed by atoms with Crippen molar-refractivity contribution in [1.82, 2.24) is 9.88 Å². The number of anilines is 1. The van der Waals surface area contributed by atoms with Crippen LogP contribution in [-0.2, 0) is 6.54 Å². The standard InChI is InChI=1S/C17H21N3S/c18-17-10-14(6-8-19-17)11-20-9-7-15(12-20)13-21-16-4-2-1-3-5-16/h1-6,8,10,15H,7,9,11-13H2,(H2,18,19)/t15-/m1/s1. The molecule has 21 heavy (non-hydrogen) atoms. The van der Waals surface area contributed by atoms with Crippen molar-refractivity contribution >= 4 is 17.6 Å². The van der Waals surface area contributed by atoms with E-state index in [0.29, 0.717) is 5.82 Å². The number of likely N-dealkylation sites (tertiary alicyclic amines) is 1. The van der Waals surface area contributed by atoms with E-state index in [2.05, 4.69) is 46.3 Å². The molecule has 4 heteroatoms. The fourth-order valence-electron chi connectivity index (χ4n) is 2.77. The minimum atomic E-state index is 0.614. The molecule has 0 unspecified atom stereocenters. The molecule has 3 nitrogen and oxygen atoms in total. The van der Waals surface area contributed by atoms with Gasteiger partial charge in [-0.25, -0.2) is 4.98 Å². The van der Waals surface area contributed by atoms with Gasteiger partial charge in [0.2, 0.25) is 0 Å². The van der Waals surface area contributed by atoms with E-state index in [0.717, 1.165) is 12.5 Å². The first-order valence-electron chi connectivity index (χ1n) is 7.40. The molecule has 1 aliphatic rings. The van der Waals surface area contributed by atoms with Crippen LogP contribution in [0.2, 0.25) is 0 Å². The van der Waals surface area contributed by atoms with Gasteiger partial charge in [-0.05, 0) is 48.7 Å². The largest absolute Gasteiger partial charge is 0.384 e. The Bertz CT molecular complexity index is 573. The number of hydrogen-bond donors (Lipinski definition) is 1. The summed E-state index contributed by atoms with van der Waals surface area (Å²) in [6.07, 6.45) is 3.09. The van der Waals surface area contributed by atoms with E-state index in [1.165, 1.54) is 35.7 Å². The zero-order valence-electron chi connectivity index (χ0n) is 12.1. The molecule has 2 aromatic rings. The molecule has 110 valence electrons. The molecular formula is C17H21N3S. The molecule has 0 aliphatic carbocycles. The number of nitrogens with zero attached hydrogens (tertiary/aromatic N) is 2. The van der Waals surface area contributed by atoms with E-state index in [-0.39, 0.29) is 0 Å². The Labute approximate surface area is 130 Å². The minimum absolute atomic E-state index is 0.614. The van der Waals surface area contributed by atoms with Gasteiger partial charge in [-0.1, -0.05) is 18.2 Å². The maximum atomic E-state index is 5.74. The van der Waals surface area contributed by atoms with Crippen LogP contribution in [-0.4, -0.2) is 28.7 Å². The maximum Gasteiger partial charge on any atom is 0.123 e. The van der Waals surface area contributed by atoms with Crippen LogP contribution in [0.5, 0.6) is 0 Å². The van der Waals surface area contributed by atoms with Gasteiger partial charge in [-0.3, -0.25) is 4.90 Å². The summed E-state index contributed by atoms with van der Waals surface area (Å²) in [7, 11) is 0. The average molecular weight is 299 g/mol. The molecule has 0 saturated carbocycles. The Hall–Kier alpha value is -1.52. The van der Waals surface area contributed by atoms with Crippen LogP contribution in [0.3, 0.4) is 0 Å². The lowest BCUT2D eigenvalue weighted by atomic mass is 10.2. The molecule has 2 heterocycles. The third-order valence-corrected chi connectivity index (χ3v) is 5.09.